The number of carboxylic acids is 1. The van der Waals surface area contributed by atoms with Gasteiger partial charge in [0, 0.05) is 7.05 Å². The summed E-state index contributed by atoms with van der Waals surface area (Å²) in [6.07, 6.45) is -1.37. The maximum Gasteiger partial charge on any atom is 0.421 e. The number of nitrogens with zero attached hydrogens (tertiary/aromatic N) is 1. The lowest BCUT2D eigenvalue weighted by atomic mass is 10.1. The minimum Gasteiger partial charge on any atom is -0.480 e. The van der Waals surface area contributed by atoms with Gasteiger partial charge in [-0.25, -0.2) is 25.9 Å². The zero-order chi connectivity index (χ0) is 21.6. The lowest BCUT2D eigenvalue weighted by Crippen LogP contribution is -2.31. The predicted molar refractivity (Wildman–Crippen MR) is 100 cm³/mol. The SMILES string of the molecule is CN(C(=O)O)S(=O)(=O)c1ccc2c(c1)Cc1cc(S(=O)(=O)NCC(=O)O)ccc1-2. The van der Waals surface area contributed by atoms with E-state index in [-0.39, 0.29) is 20.5 Å². The normalized spacial score (nSPS) is 12.9. The molecule has 1 aliphatic rings. The second-order valence-electron chi connectivity index (χ2n) is 6.29. The summed E-state index contributed by atoms with van der Waals surface area (Å²) < 4.78 is 51.4. The van der Waals surface area contributed by atoms with Crippen molar-refractivity contribution >= 4 is 32.1 Å². The molecule has 0 fully saturated rings. The number of sulfonamides is 2. The molecule has 0 atom stereocenters. The highest BCUT2D eigenvalue weighted by Gasteiger charge is 2.28. The zero-order valence-electron chi connectivity index (χ0n) is 15.0. The summed E-state index contributed by atoms with van der Waals surface area (Å²) in [7, 11) is -7.31. The molecule has 0 radical (unpaired) electrons. The van der Waals surface area contributed by atoms with Crippen LogP contribution >= 0.6 is 0 Å². The predicted octanol–water partition coefficient (Wildman–Crippen LogP) is 0.919. The number of fused-ring (bicyclic) bond motifs is 3. The van der Waals surface area contributed by atoms with Gasteiger partial charge in [0.1, 0.15) is 6.54 Å². The minimum atomic E-state index is -4.22. The van der Waals surface area contributed by atoms with Gasteiger partial charge < -0.3 is 10.2 Å². The van der Waals surface area contributed by atoms with Crippen LogP contribution in [0.2, 0.25) is 0 Å². The van der Waals surface area contributed by atoms with E-state index in [0.717, 1.165) is 7.05 Å². The maximum atomic E-state index is 12.4. The summed E-state index contributed by atoms with van der Waals surface area (Å²) >= 11 is 0. The average molecular weight is 440 g/mol. The maximum absolute atomic E-state index is 12.4. The molecule has 1 aliphatic carbocycles. The third kappa shape index (κ3) is 3.81. The number of rotatable bonds is 6. The van der Waals surface area contributed by atoms with E-state index in [4.69, 9.17) is 10.2 Å². The van der Waals surface area contributed by atoms with Crippen molar-refractivity contribution in [3.63, 3.8) is 0 Å². The minimum absolute atomic E-state index is 0.108. The number of amides is 1. The number of hydrogen-bond donors (Lipinski definition) is 3. The average Bonchev–Trinajstić information content (AvgIpc) is 3.02. The topological polar surface area (TPSA) is 158 Å². The summed E-state index contributed by atoms with van der Waals surface area (Å²) in [4.78, 5) is 21.3. The third-order valence-electron chi connectivity index (χ3n) is 4.48. The van der Waals surface area contributed by atoms with Gasteiger partial charge in [-0.05, 0) is 52.9 Å². The van der Waals surface area contributed by atoms with Crippen molar-refractivity contribution in [2.24, 2.45) is 0 Å². The van der Waals surface area contributed by atoms with Crippen molar-refractivity contribution < 1.29 is 36.6 Å². The van der Waals surface area contributed by atoms with Crippen molar-refractivity contribution in [3.05, 3.63) is 47.5 Å². The highest BCUT2D eigenvalue weighted by molar-refractivity contribution is 7.89. The van der Waals surface area contributed by atoms with Gasteiger partial charge in [0.15, 0.2) is 0 Å². The summed E-state index contributed by atoms with van der Waals surface area (Å²) in [5, 5.41) is 17.6. The van der Waals surface area contributed by atoms with Gasteiger partial charge >= 0.3 is 12.1 Å². The van der Waals surface area contributed by atoms with E-state index in [9.17, 15) is 26.4 Å². The Morgan fingerprint density at radius 2 is 1.48 bits per heavy atom. The monoisotopic (exact) mass is 440 g/mol. The highest BCUT2D eigenvalue weighted by atomic mass is 32.2. The van der Waals surface area contributed by atoms with Crippen LogP contribution in [0.25, 0.3) is 11.1 Å². The summed E-state index contributed by atoms with van der Waals surface area (Å²) in [6.45, 7) is -0.752. The fourth-order valence-corrected chi connectivity index (χ4v) is 5.07. The van der Waals surface area contributed by atoms with Gasteiger partial charge in [-0.1, -0.05) is 12.1 Å². The Morgan fingerprint density at radius 3 is 2.00 bits per heavy atom. The van der Waals surface area contributed by atoms with Crippen molar-refractivity contribution in [2.45, 2.75) is 16.2 Å². The van der Waals surface area contributed by atoms with Crippen LogP contribution in [0.4, 0.5) is 4.79 Å². The molecule has 0 aromatic heterocycles. The number of aliphatic carboxylic acids is 1. The largest absolute Gasteiger partial charge is 0.480 e. The van der Waals surface area contributed by atoms with E-state index >= 15 is 0 Å². The molecule has 3 N–H and O–H groups in total. The van der Waals surface area contributed by atoms with Gasteiger partial charge in [-0.15, -0.1) is 0 Å². The van der Waals surface area contributed by atoms with Gasteiger partial charge in [-0.3, -0.25) is 4.79 Å². The molecule has 3 rings (SSSR count). The highest BCUT2D eigenvalue weighted by Crippen LogP contribution is 2.38. The molecule has 10 nitrogen and oxygen atoms in total. The van der Waals surface area contributed by atoms with E-state index in [0.29, 0.717) is 22.3 Å². The van der Waals surface area contributed by atoms with Crippen LogP contribution in [0.3, 0.4) is 0 Å². The molecule has 0 saturated carbocycles. The molecule has 0 saturated heterocycles. The van der Waals surface area contributed by atoms with E-state index in [1.807, 2.05) is 4.72 Å². The Labute approximate surface area is 166 Å². The van der Waals surface area contributed by atoms with Crippen molar-refractivity contribution in [2.75, 3.05) is 13.6 Å². The van der Waals surface area contributed by atoms with E-state index < -0.39 is 38.7 Å². The first kappa shape index (κ1) is 20.8. The molecule has 1 amide bonds. The van der Waals surface area contributed by atoms with E-state index in [1.165, 1.54) is 24.3 Å². The number of carboxylic acid groups (broad SMARTS) is 2. The Balaban J connectivity index is 1.95. The fourth-order valence-electron chi connectivity index (χ4n) is 2.99. The third-order valence-corrected chi connectivity index (χ3v) is 7.60. The number of nitrogens with one attached hydrogen (secondary N) is 1. The zero-order valence-corrected chi connectivity index (χ0v) is 16.6. The first-order valence-electron chi connectivity index (χ1n) is 8.13. The van der Waals surface area contributed by atoms with Gasteiger partial charge in [-0.2, -0.15) is 4.72 Å². The number of carbonyl (C=O) groups is 2. The molecule has 0 unspecified atom stereocenters. The van der Waals surface area contributed by atoms with E-state index in [2.05, 4.69) is 0 Å². The molecule has 12 heteroatoms. The smallest absolute Gasteiger partial charge is 0.421 e. The molecular formula is C17H16N2O8S2. The molecule has 0 aliphatic heterocycles. The van der Waals surface area contributed by atoms with Crippen LogP contribution in [-0.4, -0.2) is 57.0 Å². The van der Waals surface area contributed by atoms with E-state index in [1.54, 1.807) is 12.1 Å². The van der Waals surface area contributed by atoms with Gasteiger partial charge in [0.2, 0.25) is 10.0 Å². The second kappa shape index (κ2) is 7.13. The second-order valence-corrected chi connectivity index (χ2v) is 10.0. The van der Waals surface area contributed by atoms with Gasteiger partial charge in [0.25, 0.3) is 10.0 Å². The van der Waals surface area contributed by atoms with Crippen molar-refractivity contribution in [3.8, 4) is 11.1 Å². The fraction of sp³-hybridized carbons (Fsp3) is 0.176. The van der Waals surface area contributed by atoms with Crippen LogP contribution in [-0.2, 0) is 31.3 Å². The van der Waals surface area contributed by atoms with Crippen molar-refractivity contribution in [1.29, 1.82) is 0 Å². The molecule has 29 heavy (non-hydrogen) atoms. The lowest BCUT2D eigenvalue weighted by Gasteiger charge is -2.14. The molecule has 2 aromatic rings. The summed E-state index contributed by atoms with van der Waals surface area (Å²) in [6, 6.07) is 8.50. The first-order chi connectivity index (χ1) is 13.4. The van der Waals surface area contributed by atoms with Crippen molar-refractivity contribution in [1.82, 2.24) is 9.03 Å². The lowest BCUT2D eigenvalue weighted by molar-refractivity contribution is -0.135. The molecule has 0 bridgehead atoms. The molecule has 0 spiro atoms. The standard InChI is InChI=1S/C17H16N2O8S2/c1-19(17(22)23)29(26,27)13-3-5-15-11(8-13)6-10-7-12(2-4-14(10)15)28(24,25)18-9-16(20)21/h2-5,7-8,18H,6,9H2,1H3,(H,20,21)(H,22,23). The quantitative estimate of drug-likeness (QED) is 0.510. The van der Waals surface area contributed by atoms with Crippen LogP contribution in [0.1, 0.15) is 11.1 Å². The Bertz CT molecular complexity index is 1240. The summed E-state index contributed by atoms with van der Waals surface area (Å²) in [5.41, 5.74) is 2.65. The van der Waals surface area contributed by atoms with Gasteiger partial charge in [0.05, 0.1) is 9.79 Å². The number of benzene rings is 2. The molecule has 2 aromatic carbocycles. The van der Waals surface area contributed by atoms with Crippen LogP contribution < -0.4 is 4.72 Å². The Kier molecular flexibility index (Phi) is 5.11. The van der Waals surface area contributed by atoms with Crippen LogP contribution in [0.15, 0.2) is 46.2 Å². The Hall–Kier alpha value is -2.96. The Morgan fingerprint density at radius 1 is 0.966 bits per heavy atom. The molecule has 0 heterocycles. The summed E-state index contributed by atoms with van der Waals surface area (Å²) in [5.74, 6) is -1.32. The first-order valence-corrected chi connectivity index (χ1v) is 11.1. The molecule has 154 valence electrons. The van der Waals surface area contributed by atoms with Crippen LogP contribution in [0.5, 0.6) is 0 Å². The number of hydrogen-bond acceptors (Lipinski definition) is 6. The molecular weight excluding hydrogens is 424 g/mol. The van der Waals surface area contributed by atoms with Crippen LogP contribution in [0, 0.1) is 0 Å².